The lowest BCUT2D eigenvalue weighted by atomic mass is 10.2. The molecule has 0 bridgehead atoms. The molecular formula is C12H7BrF2N2O. The van der Waals surface area contributed by atoms with E-state index in [1.807, 2.05) is 0 Å². The summed E-state index contributed by atoms with van der Waals surface area (Å²) in [5.74, 6) is -1.80. The Morgan fingerprint density at radius 3 is 2.78 bits per heavy atom. The maximum atomic E-state index is 13.3. The van der Waals surface area contributed by atoms with Gasteiger partial charge in [0.15, 0.2) is 5.82 Å². The third-order valence-corrected chi connectivity index (χ3v) is 2.89. The highest BCUT2D eigenvalue weighted by Gasteiger charge is 2.13. The average molecular weight is 313 g/mol. The number of hydrogen-bond donors (Lipinski definition) is 1. The van der Waals surface area contributed by atoms with Crippen LogP contribution in [0.4, 0.5) is 14.5 Å². The van der Waals surface area contributed by atoms with Crippen LogP contribution in [0, 0.1) is 11.6 Å². The Labute approximate surface area is 110 Å². The van der Waals surface area contributed by atoms with Crippen LogP contribution >= 0.6 is 15.9 Å². The zero-order chi connectivity index (χ0) is 13.1. The Morgan fingerprint density at radius 2 is 2.06 bits per heavy atom. The third kappa shape index (κ3) is 2.70. The molecule has 0 unspecified atom stereocenters. The smallest absolute Gasteiger partial charge is 0.256 e. The molecule has 6 heteroatoms. The van der Waals surface area contributed by atoms with Crippen molar-refractivity contribution in [3.05, 3.63) is 58.3 Å². The number of benzene rings is 1. The van der Waals surface area contributed by atoms with Gasteiger partial charge < -0.3 is 5.32 Å². The first-order valence-electron chi connectivity index (χ1n) is 4.94. The number of rotatable bonds is 2. The lowest BCUT2D eigenvalue weighted by Gasteiger charge is -2.07. The molecular weight excluding hydrogens is 306 g/mol. The van der Waals surface area contributed by atoms with Crippen molar-refractivity contribution < 1.29 is 13.6 Å². The highest BCUT2D eigenvalue weighted by Crippen LogP contribution is 2.20. The molecule has 0 saturated carbocycles. The van der Waals surface area contributed by atoms with E-state index in [9.17, 15) is 13.6 Å². The molecule has 1 N–H and O–H groups in total. The van der Waals surface area contributed by atoms with Crippen molar-refractivity contribution >= 4 is 27.5 Å². The quantitative estimate of drug-likeness (QED) is 0.923. The van der Waals surface area contributed by atoms with E-state index in [0.717, 1.165) is 12.3 Å². The van der Waals surface area contributed by atoms with Crippen LogP contribution in [0.5, 0.6) is 0 Å². The maximum Gasteiger partial charge on any atom is 0.256 e. The van der Waals surface area contributed by atoms with Crippen molar-refractivity contribution in [2.45, 2.75) is 0 Å². The van der Waals surface area contributed by atoms with Gasteiger partial charge in [-0.2, -0.15) is 0 Å². The first-order valence-corrected chi connectivity index (χ1v) is 5.73. The molecule has 0 aliphatic rings. The number of nitrogens with zero attached hydrogens (tertiary/aromatic N) is 1. The standard InChI is InChI=1S/C12H7BrF2N2O/c13-9-2-1-7(14)5-8(9)12(18)17-11-3-4-16-6-10(11)15/h1-6H,(H,16,17,18). The molecule has 0 fully saturated rings. The highest BCUT2D eigenvalue weighted by atomic mass is 79.9. The van der Waals surface area contributed by atoms with Gasteiger partial charge in [0.25, 0.3) is 5.91 Å². The summed E-state index contributed by atoms with van der Waals surface area (Å²) >= 11 is 3.13. The van der Waals surface area contributed by atoms with Gasteiger partial charge in [0.05, 0.1) is 17.4 Å². The van der Waals surface area contributed by atoms with Crippen LogP contribution in [-0.4, -0.2) is 10.9 Å². The van der Waals surface area contributed by atoms with E-state index in [1.165, 1.54) is 24.4 Å². The molecule has 0 spiro atoms. The molecule has 1 aromatic heterocycles. The number of amides is 1. The highest BCUT2D eigenvalue weighted by molar-refractivity contribution is 9.10. The molecule has 92 valence electrons. The number of carbonyl (C=O) groups is 1. The minimum atomic E-state index is -0.654. The van der Waals surface area contributed by atoms with E-state index < -0.39 is 17.5 Å². The topological polar surface area (TPSA) is 42.0 Å². The number of halogens is 3. The number of hydrogen-bond acceptors (Lipinski definition) is 2. The van der Waals surface area contributed by atoms with Crippen LogP contribution in [0.1, 0.15) is 10.4 Å². The number of anilines is 1. The zero-order valence-corrected chi connectivity index (χ0v) is 10.5. The number of carbonyl (C=O) groups excluding carboxylic acids is 1. The van der Waals surface area contributed by atoms with Crippen LogP contribution in [0.2, 0.25) is 0 Å². The lowest BCUT2D eigenvalue weighted by Crippen LogP contribution is -2.14. The number of nitrogens with one attached hydrogen (secondary N) is 1. The summed E-state index contributed by atoms with van der Waals surface area (Å²) in [6.45, 7) is 0. The average Bonchev–Trinajstić information content (AvgIpc) is 2.35. The Hall–Kier alpha value is -1.82. The molecule has 1 heterocycles. The summed E-state index contributed by atoms with van der Waals surface area (Å²) < 4.78 is 26.7. The van der Waals surface area contributed by atoms with Crippen LogP contribution in [0.3, 0.4) is 0 Å². The van der Waals surface area contributed by atoms with Crippen LogP contribution in [0.25, 0.3) is 0 Å². The van der Waals surface area contributed by atoms with Crippen molar-refractivity contribution in [3.63, 3.8) is 0 Å². The van der Waals surface area contributed by atoms with Crippen molar-refractivity contribution in [1.29, 1.82) is 0 Å². The summed E-state index contributed by atoms with van der Waals surface area (Å²) in [4.78, 5) is 15.4. The summed E-state index contributed by atoms with van der Waals surface area (Å²) in [6, 6.07) is 5.01. The predicted octanol–water partition coefficient (Wildman–Crippen LogP) is 3.37. The molecule has 0 saturated heterocycles. The first-order chi connectivity index (χ1) is 8.58. The summed E-state index contributed by atoms with van der Waals surface area (Å²) in [7, 11) is 0. The van der Waals surface area contributed by atoms with E-state index in [4.69, 9.17) is 0 Å². The van der Waals surface area contributed by atoms with Gasteiger partial charge >= 0.3 is 0 Å². The molecule has 1 aromatic carbocycles. The number of pyridine rings is 1. The van der Waals surface area contributed by atoms with E-state index in [1.54, 1.807) is 0 Å². The molecule has 2 rings (SSSR count). The molecule has 0 aliphatic carbocycles. The summed E-state index contributed by atoms with van der Waals surface area (Å²) in [6.07, 6.45) is 2.33. The molecule has 1 amide bonds. The van der Waals surface area contributed by atoms with Crippen molar-refractivity contribution in [2.75, 3.05) is 5.32 Å². The Morgan fingerprint density at radius 1 is 1.28 bits per heavy atom. The second-order valence-electron chi connectivity index (χ2n) is 3.43. The minimum absolute atomic E-state index is 0.00818. The Bertz CT molecular complexity index is 604. The minimum Gasteiger partial charge on any atom is -0.319 e. The van der Waals surface area contributed by atoms with E-state index in [2.05, 4.69) is 26.2 Å². The van der Waals surface area contributed by atoms with E-state index in [0.29, 0.717) is 4.47 Å². The van der Waals surface area contributed by atoms with Gasteiger partial charge in [-0.3, -0.25) is 9.78 Å². The fraction of sp³-hybridized carbons (Fsp3) is 0. The van der Waals surface area contributed by atoms with E-state index in [-0.39, 0.29) is 11.3 Å². The molecule has 3 nitrogen and oxygen atoms in total. The molecule has 0 radical (unpaired) electrons. The van der Waals surface area contributed by atoms with Gasteiger partial charge in [0, 0.05) is 10.7 Å². The molecule has 18 heavy (non-hydrogen) atoms. The maximum absolute atomic E-state index is 13.3. The monoisotopic (exact) mass is 312 g/mol. The molecule has 2 aromatic rings. The Balaban J connectivity index is 2.28. The zero-order valence-electron chi connectivity index (χ0n) is 8.95. The van der Waals surface area contributed by atoms with Crippen LogP contribution in [-0.2, 0) is 0 Å². The molecule has 0 atom stereocenters. The van der Waals surface area contributed by atoms with Gasteiger partial charge in [-0.05, 0) is 40.2 Å². The second kappa shape index (κ2) is 5.22. The van der Waals surface area contributed by atoms with Gasteiger partial charge in [0.2, 0.25) is 0 Å². The Kier molecular flexibility index (Phi) is 3.66. The first kappa shape index (κ1) is 12.6. The van der Waals surface area contributed by atoms with Crippen molar-refractivity contribution in [2.24, 2.45) is 0 Å². The van der Waals surface area contributed by atoms with Gasteiger partial charge in [0.1, 0.15) is 5.82 Å². The normalized spacial score (nSPS) is 10.2. The van der Waals surface area contributed by atoms with Crippen LogP contribution < -0.4 is 5.32 Å². The second-order valence-corrected chi connectivity index (χ2v) is 4.29. The van der Waals surface area contributed by atoms with E-state index >= 15 is 0 Å². The van der Waals surface area contributed by atoms with Crippen molar-refractivity contribution in [3.8, 4) is 0 Å². The predicted molar refractivity (Wildman–Crippen MR) is 66.2 cm³/mol. The van der Waals surface area contributed by atoms with Crippen LogP contribution in [0.15, 0.2) is 41.1 Å². The van der Waals surface area contributed by atoms with Gasteiger partial charge in [-0.15, -0.1) is 0 Å². The van der Waals surface area contributed by atoms with Gasteiger partial charge in [-0.1, -0.05) is 0 Å². The molecule has 0 aliphatic heterocycles. The fourth-order valence-corrected chi connectivity index (χ4v) is 1.76. The van der Waals surface area contributed by atoms with Crippen molar-refractivity contribution in [1.82, 2.24) is 4.98 Å². The largest absolute Gasteiger partial charge is 0.319 e. The summed E-state index contributed by atoms with van der Waals surface area (Å²) in [5, 5.41) is 2.34. The fourth-order valence-electron chi connectivity index (χ4n) is 1.34. The lowest BCUT2D eigenvalue weighted by molar-refractivity contribution is 0.102. The third-order valence-electron chi connectivity index (χ3n) is 2.19. The SMILES string of the molecule is O=C(Nc1ccncc1F)c1cc(F)ccc1Br. The van der Waals surface area contributed by atoms with Gasteiger partial charge in [-0.25, -0.2) is 8.78 Å². The number of aromatic nitrogens is 1. The summed E-state index contributed by atoms with van der Waals surface area (Å²) in [5.41, 5.74) is 0.0809.